The molecule has 7 heteroatoms. The maximum absolute atomic E-state index is 6.24. The largest absolute Gasteiger partial charge is 0.487 e. The van der Waals surface area contributed by atoms with Crippen molar-refractivity contribution < 1.29 is 14.2 Å². The fourth-order valence-electron chi connectivity index (χ4n) is 4.09. The molecule has 0 radical (unpaired) electrons. The first-order chi connectivity index (χ1) is 12.7. The molecule has 0 saturated carbocycles. The van der Waals surface area contributed by atoms with E-state index in [-0.39, 0.29) is 18.2 Å². The van der Waals surface area contributed by atoms with E-state index in [1.165, 1.54) is 0 Å². The Bertz CT molecular complexity index is 903. The molecule has 0 aliphatic carbocycles. The van der Waals surface area contributed by atoms with Crippen molar-refractivity contribution in [3.63, 3.8) is 0 Å². The second kappa shape index (κ2) is 5.86. The third kappa shape index (κ3) is 2.36. The van der Waals surface area contributed by atoms with Gasteiger partial charge in [-0.25, -0.2) is 4.99 Å². The summed E-state index contributed by atoms with van der Waals surface area (Å²) in [6, 6.07) is 8.12. The lowest BCUT2D eigenvalue weighted by atomic mass is 9.77. The van der Waals surface area contributed by atoms with Gasteiger partial charge in [-0.05, 0) is 36.6 Å². The Kier molecular flexibility index (Phi) is 3.58. The zero-order valence-corrected chi connectivity index (χ0v) is 14.8. The summed E-state index contributed by atoms with van der Waals surface area (Å²) in [7, 11) is 0. The normalized spacial score (nSPS) is 29.3. The topological polar surface area (TPSA) is 79.0 Å². The van der Waals surface area contributed by atoms with E-state index in [1.807, 2.05) is 18.2 Å². The molecule has 3 aliphatic rings. The number of nitrogens with zero attached hydrogens (tertiary/aromatic N) is 2. The highest BCUT2D eigenvalue weighted by atomic mass is 35.5. The van der Waals surface area contributed by atoms with Gasteiger partial charge in [0.2, 0.25) is 0 Å². The molecule has 134 valence electrons. The van der Waals surface area contributed by atoms with E-state index in [0.717, 1.165) is 35.3 Å². The minimum atomic E-state index is -0.676. The summed E-state index contributed by atoms with van der Waals surface area (Å²) >= 11 is 6.10. The highest BCUT2D eigenvalue weighted by molar-refractivity contribution is 6.30. The van der Waals surface area contributed by atoms with Crippen LogP contribution in [-0.2, 0) is 15.0 Å². The molecule has 3 atom stereocenters. The summed E-state index contributed by atoms with van der Waals surface area (Å²) in [5, 5.41) is 0.591. The molecule has 1 spiro atoms. The van der Waals surface area contributed by atoms with Crippen molar-refractivity contribution in [3.8, 4) is 16.9 Å². The number of nitrogens with two attached hydrogens (primary N) is 1. The smallest absolute Gasteiger partial charge is 0.283 e. The van der Waals surface area contributed by atoms with Gasteiger partial charge >= 0.3 is 0 Å². The number of aliphatic imine (C=N–C) groups is 1. The number of ether oxygens (including phenoxy) is 3. The highest BCUT2D eigenvalue weighted by Gasteiger charge is 2.55. The van der Waals surface area contributed by atoms with Gasteiger partial charge in [0, 0.05) is 30.1 Å². The fourth-order valence-corrected chi connectivity index (χ4v) is 4.26. The molecule has 0 bridgehead atoms. The first-order valence-electron chi connectivity index (χ1n) is 8.67. The van der Waals surface area contributed by atoms with Crippen LogP contribution in [0.25, 0.3) is 11.1 Å². The molecule has 5 rings (SSSR count). The number of rotatable bonds is 1. The number of hydrogen-bond acceptors (Lipinski definition) is 6. The Morgan fingerprint density at radius 1 is 1.19 bits per heavy atom. The Balaban J connectivity index is 1.67. The molecule has 1 aromatic heterocycles. The minimum absolute atomic E-state index is 0.0480. The van der Waals surface area contributed by atoms with Crippen molar-refractivity contribution in [3.05, 3.63) is 47.2 Å². The lowest BCUT2D eigenvalue weighted by molar-refractivity contribution is -0.117. The van der Waals surface area contributed by atoms with Gasteiger partial charge in [0.25, 0.3) is 6.02 Å². The van der Waals surface area contributed by atoms with Crippen molar-refractivity contribution in [2.24, 2.45) is 10.7 Å². The second-order valence-electron chi connectivity index (χ2n) is 6.86. The van der Waals surface area contributed by atoms with Crippen LogP contribution in [0.3, 0.4) is 0 Å². The zero-order chi connectivity index (χ0) is 17.7. The molecule has 3 aliphatic heterocycles. The standard InChI is InChI=1S/C19H18ClN3O3/c20-13-6-12(8-22-9-13)11-3-4-15-14(7-11)19(10-25-18(21)23-19)17-16(26-15)2-1-5-24-17/h3-4,6-9,16-17H,1-2,5,10H2,(H2,21,23)/t16-,17+,19?/m0/s1. The van der Waals surface area contributed by atoms with Crippen molar-refractivity contribution in [1.82, 2.24) is 4.98 Å². The number of pyridine rings is 1. The van der Waals surface area contributed by atoms with E-state index in [1.54, 1.807) is 12.4 Å². The van der Waals surface area contributed by atoms with Crippen LogP contribution < -0.4 is 10.5 Å². The maximum Gasteiger partial charge on any atom is 0.283 e. The summed E-state index contributed by atoms with van der Waals surface area (Å²) in [5.74, 6) is 0.803. The van der Waals surface area contributed by atoms with E-state index in [2.05, 4.69) is 16.0 Å². The van der Waals surface area contributed by atoms with Crippen LogP contribution >= 0.6 is 11.6 Å². The van der Waals surface area contributed by atoms with E-state index >= 15 is 0 Å². The Morgan fingerprint density at radius 2 is 2.12 bits per heavy atom. The minimum Gasteiger partial charge on any atom is -0.487 e. The van der Waals surface area contributed by atoms with E-state index in [4.69, 9.17) is 31.5 Å². The Labute approximate surface area is 155 Å². The van der Waals surface area contributed by atoms with Crippen molar-refractivity contribution in [2.45, 2.75) is 30.6 Å². The monoisotopic (exact) mass is 371 g/mol. The molecule has 4 heterocycles. The third-order valence-corrected chi connectivity index (χ3v) is 5.46. The SMILES string of the molecule is NC1=NC2(CO1)c1cc(-c3cncc(Cl)c3)ccc1O[C@H]1CCCO[C@H]12. The predicted molar refractivity (Wildman–Crippen MR) is 97.3 cm³/mol. The average molecular weight is 372 g/mol. The van der Waals surface area contributed by atoms with Crippen LogP contribution in [0.15, 0.2) is 41.7 Å². The van der Waals surface area contributed by atoms with Gasteiger partial charge in [0.05, 0.1) is 5.02 Å². The van der Waals surface area contributed by atoms with E-state index in [0.29, 0.717) is 18.2 Å². The van der Waals surface area contributed by atoms with Crippen LogP contribution in [0.5, 0.6) is 5.75 Å². The van der Waals surface area contributed by atoms with Crippen LogP contribution in [0.2, 0.25) is 5.02 Å². The zero-order valence-electron chi connectivity index (χ0n) is 14.0. The van der Waals surface area contributed by atoms with Gasteiger partial charge in [-0.2, -0.15) is 0 Å². The molecule has 2 N–H and O–H groups in total. The summed E-state index contributed by atoms with van der Waals surface area (Å²) in [6.07, 6.45) is 5.04. The van der Waals surface area contributed by atoms with Gasteiger partial charge in [-0.3, -0.25) is 4.98 Å². The number of benzene rings is 1. The number of halogens is 1. The maximum atomic E-state index is 6.24. The molecule has 1 unspecified atom stereocenters. The summed E-state index contributed by atoms with van der Waals surface area (Å²) in [5.41, 5.74) is 8.06. The van der Waals surface area contributed by atoms with Gasteiger partial charge in [0.15, 0.2) is 5.54 Å². The van der Waals surface area contributed by atoms with Crippen LogP contribution in [-0.4, -0.2) is 36.4 Å². The molecule has 26 heavy (non-hydrogen) atoms. The highest BCUT2D eigenvalue weighted by Crippen LogP contribution is 2.49. The molecular weight excluding hydrogens is 354 g/mol. The van der Waals surface area contributed by atoms with Crippen molar-refractivity contribution in [1.29, 1.82) is 0 Å². The second-order valence-corrected chi connectivity index (χ2v) is 7.29. The molecule has 6 nitrogen and oxygen atoms in total. The third-order valence-electron chi connectivity index (χ3n) is 5.25. The first kappa shape index (κ1) is 15.9. The fraction of sp³-hybridized carbons (Fsp3) is 0.368. The summed E-state index contributed by atoms with van der Waals surface area (Å²) in [4.78, 5) is 8.86. The van der Waals surface area contributed by atoms with Crippen molar-refractivity contribution in [2.75, 3.05) is 13.2 Å². The molecule has 1 fully saturated rings. The number of amidine groups is 1. The lowest BCUT2D eigenvalue weighted by Gasteiger charge is -2.45. The first-order valence-corrected chi connectivity index (χ1v) is 9.05. The Hall–Kier alpha value is -2.31. The van der Waals surface area contributed by atoms with Crippen LogP contribution in [0.4, 0.5) is 0 Å². The molecule has 0 amide bonds. The lowest BCUT2D eigenvalue weighted by Crippen LogP contribution is -2.55. The predicted octanol–water partition coefficient (Wildman–Crippen LogP) is 2.88. The number of fused-ring (bicyclic) bond motifs is 4. The van der Waals surface area contributed by atoms with Gasteiger partial charge in [0.1, 0.15) is 24.6 Å². The van der Waals surface area contributed by atoms with Gasteiger partial charge < -0.3 is 19.9 Å². The number of hydrogen-bond donors (Lipinski definition) is 1. The number of aromatic nitrogens is 1. The van der Waals surface area contributed by atoms with E-state index < -0.39 is 5.54 Å². The summed E-state index contributed by atoms with van der Waals surface area (Å²) in [6.45, 7) is 1.04. The van der Waals surface area contributed by atoms with Gasteiger partial charge in [-0.15, -0.1) is 0 Å². The van der Waals surface area contributed by atoms with E-state index in [9.17, 15) is 0 Å². The summed E-state index contributed by atoms with van der Waals surface area (Å²) < 4.78 is 17.9. The van der Waals surface area contributed by atoms with Crippen molar-refractivity contribution >= 4 is 17.6 Å². The quantitative estimate of drug-likeness (QED) is 0.833. The van der Waals surface area contributed by atoms with Crippen LogP contribution in [0.1, 0.15) is 18.4 Å². The Morgan fingerprint density at radius 3 is 2.92 bits per heavy atom. The average Bonchev–Trinajstić information content (AvgIpc) is 3.04. The molecule has 2 aromatic rings. The van der Waals surface area contributed by atoms with Crippen LogP contribution in [0, 0.1) is 0 Å². The molecular formula is C19H18ClN3O3. The van der Waals surface area contributed by atoms with Gasteiger partial charge in [-0.1, -0.05) is 17.7 Å². The molecule has 1 saturated heterocycles. The molecule has 1 aromatic carbocycles.